The Morgan fingerprint density at radius 1 is 0.839 bits per heavy atom. The summed E-state index contributed by atoms with van der Waals surface area (Å²) in [5.74, 6) is -5.44. The van der Waals surface area contributed by atoms with Crippen LogP contribution in [0.2, 0.25) is 0 Å². The number of carbonyl (C=O) groups is 9. The number of primary amides is 1. The number of nitrogens with two attached hydrogens (primary N) is 1. The van der Waals surface area contributed by atoms with Crippen LogP contribution in [0.25, 0.3) is 0 Å². The predicted octanol–water partition coefficient (Wildman–Crippen LogP) is -1.65. The monoisotopic (exact) mass is 892 g/mol. The smallest absolute Gasteiger partial charge is 0.315 e. The first-order chi connectivity index (χ1) is 29.5. The van der Waals surface area contributed by atoms with Crippen LogP contribution in [-0.2, 0) is 44.8 Å². The van der Waals surface area contributed by atoms with Gasteiger partial charge >= 0.3 is 6.03 Å². The molecule has 0 radical (unpaired) electrons. The Morgan fingerprint density at radius 3 is 2.24 bits per heavy atom. The molecule has 2 aliphatic heterocycles. The summed E-state index contributed by atoms with van der Waals surface area (Å²) in [6, 6.07) is -3.18. The van der Waals surface area contributed by atoms with Gasteiger partial charge in [0.2, 0.25) is 47.3 Å². The van der Waals surface area contributed by atoms with Crippen molar-refractivity contribution in [1.29, 1.82) is 0 Å². The van der Waals surface area contributed by atoms with Crippen molar-refractivity contribution < 1.29 is 48.4 Å². The third-order valence-corrected chi connectivity index (χ3v) is 11.9. The second kappa shape index (κ2) is 26.1. The molecule has 23 heteroatoms. The number of urea groups is 1. The van der Waals surface area contributed by atoms with Crippen molar-refractivity contribution in [3.8, 4) is 0 Å². The summed E-state index contributed by atoms with van der Waals surface area (Å²) >= 11 is 1.84. The lowest BCUT2D eigenvalue weighted by molar-refractivity contribution is -0.137. The van der Waals surface area contributed by atoms with Crippen molar-refractivity contribution in [1.82, 2.24) is 58.0 Å². The van der Waals surface area contributed by atoms with E-state index in [0.29, 0.717) is 43.2 Å². The zero-order chi connectivity index (χ0) is 45.8. The van der Waals surface area contributed by atoms with Crippen LogP contribution in [0.15, 0.2) is 12.5 Å². The highest BCUT2D eigenvalue weighted by atomic mass is 32.2. The number of hydrogen-bond donors (Lipinski definition) is 12. The molecule has 1 unspecified atom stereocenters. The normalized spacial score (nSPS) is 18.6. The molecule has 2 aliphatic rings. The molecule has 0 aromatic carbocycles. The number of hydrogen-bond acceptors (Lipinski definition) is 12. The molecule has 10 amide bonds. The first-order valence-corrected chi connectivity index (χ1v) is 22.1. The molecule has 1 aromatic rings. The summed E-state index contributed by atoms with van der Waals surface area (Å²) in [6.07, 6.45) is 6.88. The number of hydroxylamine groups is 1. The van der Waals surface area contributed by atoms with Gasteiger partial charge in [0.15, 0.2) is 0 Å². The number of fused-ring (bicyclic) bond motifs is 1. The van der Waals surface area contributed by atoms with E-state index in [9.17, 15) is 43.2 Å². The van der Waals surface area contributed by atoms with Gasteiger partial charge in [0.25, 0.3) is 0 Å². The zero-order valence-electron chi connectivity index (χ0n) is 35.8. The number of unbranched alkanes of at least 4 members (excludes halogenated alkanes) is 2. The van der Waals surface area contributed by atoms with E-state index in [4.69, 9.17) is 10.9 Å². The van der Waals surface area contributed by atoms with Gasteiger partial charge in [-0.05, 0) is 50.4 Å². The number of thioether (sulfide) groups is 1. The fraction of sp³-hybridized carbons (Fsp3) is 0.692. The highest BCUT2D eigenvalue weighted by Crippen LogP contribution is 2.33. The number of imidazole rings is 1. The lowest BCUT2D eigenvalue weighted by Gasteiger charge is -2.27. The number of carbonyl (C=O) groups excluding carboxylic acids is 9. The lowest BCUT2D eigenvalue weighted by Crippen LogP contribution is -2.57. The fourth-order valence-electron chi connectivity index (χ4n) is 7.14. The maximum absolute atomic E-state index is 13.5. The van der Waals surface area contributed by atoms with Crippen LogP contribution in [0.5, 0.6) is 0 Å². The molecular weight excluding hydrogens is 829 g/mol. The molecule has 3 rings (SSSR count). The Kier molecular flexibility index (Phi) is 21.4. The largest absolute Gasteiger partial charge is 0.368 e. The van der Waals surface area contributed by atoms with Crippen molar-refractivity contribution in [2.24, 2.45) is 23.5 Å². The molecule has 0 aliphatic carbocycles. The second-order valence-electron chi connectivity index (χ2n) is 16.4. The van der Waals surface area contributed by atoms with Crippen molar-refractivity contribution in [3.05, 3.63) is 18.2 Å². The Bertz CT molecular complexity index is 1700. The Labute approximate surface area is 365 Å². The minimum Gasteiger partial charge on any atom is -0.368 e. The van der Waals surface area contributed by atoms with Crippen molar-refractivity contribution in [2.75, 3.05) is 25.4 Å². The van der Waals surface area contributed by atoms with Crippen molar-refractivity contribution >= 4 is 65.1 Å². The molecule has 2 saturated heterocycles. The first-order valence-electron chi connectivity index (χ1n) is 21.1. The van der Waals surface area contributed by atoms with Gasteiger partial charge < -0.3 is 53.3 Å². The minimum atomic E-state index is -1.23. The number of amides is 10. The SMILES string of the molecule is CC(C)CC(CC(=O)NO)C(=O)N[C@H](C(=O)N[C@@H](Cc1cnc[nH]1)C(=O)NCC(=O)NCC(=O)N[C@@H](CCCCNC(=O)CCCC[C@@H]1SC[C@@H]2NC(=O)N[C@@H]21)C(N)=O)C(C)C. The van der Waals surface area contributed by atoms with E-state index in [0.717, 1.165) is 25.0 Å². The molecule has 22 nitrogen and oxygen atoms in total. The summed E-state index contributed by atoms with van der Waals surface area (Å²) < 4.78 is 0. The number of nitrogens with zero attached hydrogens (tertiary/aromatic N) is 1. The van der Waals surface area contributed by atoms with E-state index in [-0.39, 0.29) is 49.2 Å². The van der Waals surface area contributed by atoms with Crippen LogP contribution in [0, 0.1) is 17.8 Å². The van der Waals surface area contributed by atoms with Gasteiger partial charge in [-0.3, -0.25) is 43.6 Å². The minimum absolute atomic E-state index is 0.0217. The van der Waals surface area contributed by atoms with Gasteiger partial charge in [-0.15, -0.1) is 0 Å². The third-order valence-electron chi connectivity index (χ3n) is 10.4. The van der Waals surface area contributed by atoms with Crippen LogP contribution in [-0.4, -0.2) is 129 Å². The van der Waals surface area contributed by atoms with Gasteiger partial charge in [-0.25, -0.2) is 15.3 Å². The molecule has 0 saturated carbocycles. The number of H-pyrrole nitrogens is 1. The van der Waals surface area contributed by atoms with Gasteiger partial charge in [0.05, 0.1) is 31.5 Å². The quantitative estimate of drug-likeness (QED) is 0.0195. The van der Waals surface area contributed by atoms with Crippen LogP contribution in [0.3, 0.4) is 0 Å². The summed E-state index contributed by atoms with van der Waals surface area (Å²) in [5.41, 5.74) is 7.50. The van der Waals surface area contributed by atoms with Crippen molar-refractivity contribution in [3.63, 3.8) is 0 Å². The molecule has 0 spiro atoms. The van der Waals surface area contributed by atoms with Gasteiger partial charge in [0, 0.05) is 54.6 Å². The Balaban J connectivity index is 1.39. The number of aromatic nitrogens is 2. The Morgan fingerprint density at radius 2 is 1.58 bits per heavy atom. The molecule has 62 heavy (non-hydrogen) atoms. The molecule has 346 valence electrons. The van der Waals surface area contributed by atoms with E-state index < -0.39 is 84.4 Å². The molecule has 2 fully saturated rings. The summed E-state index contributed by atoms with van der Waals surface area (Å²) in [6.45, 7) is 6.38. The molecule has 0 bridgehead atoms. The first kappa shape index (κ1) is 50.9. The van der Waals surface area contributed by atoms with Gasteiger partial charge in [-0.1, -0.05) is 34.1 Å². The van der Waals surface area contributed by atoms with Crippen LogP contribution in [0.1, 0.15) is 91.2 Å². The van der Waals surface area contributed by atoms with Crippen LogP contribution < -0.4 is 53.7 Å². The fourth-order valence-corrected chi connectivity index (χ4v) is 8.68. The van der Waals surface area contributed by atoms with E-state index in [1.165, 1.54) is 18.0 Å². The van der Waals surface area contributed by atoms with E-state index in [1.807, 2.05) is 25.6 Å². The van der Waals surface area contributed by atoms with E-state index in [2.05, 4.69) is 52.5 Å². The van der Waals surface area contributed by atoms with Crippen molar-refractivity contribution in [2.45, 2.75) is 127 Å². The topological polar surface area (TPSA) is 337 Å². The summed E-state index contributed by atoms with van der Waals surface area (Å²) in [4.78, 5) is 120. The molecule has 13 N–H and O–H groups in total. The maximum Gasteiger partial charge on any atom is 0.315 e. The standard InChI is InChI=1S/C39H64N12O10S/c1-21(2)13-23(14-30(53)51-61)36(57)49-33(22(3)4)38(59)47-26(15-24-16-41-20-45-24)37(58)44-17-31(54)43-18-32(55)46-25(35(40)56)9-7-8-12-42-29(52)11-6-5-10-28-34-27(19-62-28)48-39(60)50-34/h16,20-23,25-28,33-34,61H,5-15,17-19H2,1-4H3,(H2,40,56)(H,41,45)(H,42,52)(H,43,54)(H,44,58)(H,46,55)(H,47,59)(H,49,57)(H,51,53)(H2,48,50,60)/t23?,25-,26-,27-,28-,33-,34-/m0/s1. The second-order valence-corrected chi connectivity index (χ2v) is 17.6. The molecular formula is C39H64N12O10S. The lowest BCUT2D eigenvalue weighted by atomic mass is 9.92. The molecule has 7 atom stereocenters. The highest BCUT2D eigenvalue weighted by Gasteiger charge is 2.42. The number of nitrogens with one attached hydrogen (secondary N) is 10. The average molecular weight is 893 g/mol. The zero-order valence-corrected chi connectivity index (χ0v) is 36.6. The van der Waals surface area contributed by atoms with Crippen LogP contribution in [0.4, 0.5) is 4.79 Å². The Hall–Kier alpha value is -5.45. The van der Waals surface area contributed by atoms with Crippen LogP contribution >= 0.6 is 11.8 Å². The van der Waals surface area contributed by atoms with E-state index >= 15 is 0 Å². The predicted molar refractivity (Wildman–Crippen MR) is 226 cm³/mol. The van der Waals surface area contributed by atoms with Gasteiger partial charge in [0.1, 0.15) is 18.1 Å². The highest BCUT2D eigenvalue weighted by molar-refractivity contribution is 8.00. The molecule has 3 heterocycles. The summed E-state index contributed by atoms with van der Waals surface area (Å²) in [7, 11) is 0. The number of aromatic amines is 1. The number of rotatable bonds is 28. The van der Waals surface area contributed by atoms with Gasteiger partial charge in [-0.2, -0.15) is 11.8 Å². The molecule has 1 aromatic heterocycles. The van der Waals surface area contributed by atoms with E-state index in [1.54, 1.807) is 13.8 Å². The average Bonchev–Trinajstić information content (AvgIpc) is 3.96. The third kappa shape index (κ3) is 17.9. The maximum atomic E-state index is 13.5. The summed E-state index contributed by atoms with van der Waals surface area (Å²) in [5, 5.41) is 30.7.